The number of aliphatic carboxylic acids is 1. The van der Waals surface area contributed by atoms with E-state index in [-0.39, 0.29) is 12.0 Å². The number of carboxylic acid groups (broad SMARTS) is 1. The van der Waals surface area contributed by atoms with Gasteiger partial charge in [-0.05, 0) is 63.1 Å². The number of anilines is 1. The minimum atomic E-state index is -0.931. The Hall–Kier alpha value is -3.04. The number of hydrogen-bond acceptors (Lipinski definition) is 6. The standard InChI is InChI=1S/C30H38FN5O3/c31-26(9-2-1-7-23-11-10-20-6-4-14-32-29(20)34-23)22-12-15-35(18-22)28(30(37)38)25-8-3-5-21-17-33-36(27(21)25)24-13-16-39-19-24/h3,5,8,10-11,17,22,24,26,28H,1-2,4,6-7,9,12-16,18-19H2,(H,32,34)(H,37,38)/t22-,24+,26-,28+/m1/s1. The number of likely N-dealkylation sites (tertiary alicyclic amines) is 1. The van der Waals surface area contributed by atoms with Crippen LogP contribution >= 0.6 is 0 Å². The Morgan fingerprint density at radius 2 is 2.15 bits per heavy atom. The molecule has 39 heavy (non-hydrogen) atoms. The molecule has 1 aromatic carbocycles. The summed E-state index contributed by atoms with van der Waals surface area (Å²) in [5.74, 6) is -0.0391. The highest BCUT2D eigenvalue weighted by Crippen LogP contribution is 2.36. The quantitative estimate of drug-likeness (QED) is 0.355. The van der Waals surface area contributed by atoms with E-state index < -0.39 is 18.2 Å². The third-order valence-electron chi connectivity index (χ3n) is 8.68. The largest absolute Gasteiger partial charge is 0.480 e. The molecule has 9 heteroatoms. The number of rotatable bonds is 10. The first-order chi connectivity index (χ1) is 19.1. The molecule has 0 unspecified atom stereocenters. The van der Waals surface area contributed by atoms with Crippen LogP contribution in [-0.4, -0.2) is 69.8 Å². The lowest BCUT2D eigenvalue weighted by Crippen LogP contribution is -2.34. The zero-order valence-electron chi connectivity index (χ0n) is 22.4. The number of alkyl halides is 1. The van der Waals surface area contributed by atoms with E-state index in [4.69, 9.17) is 9.72 Å². The molecule has 5 heterocycles. The Kier molecular flexibility index (Phi) is 7.79. The van der Waals surface area contributed by atoms with E-state index in [1.54, 1.807) is 6.20 Å². The van der Waals surface area contributed by atoms with Gasteiger partial charge in [0, 0.05) is 42.3 Å². The molecule has 3 aliphatic heterocycles. The van der Waals surface area contributed by atoms with Crippen LogP contribution in [-0.2, 0) is 22.4 Å². The number of nitrogens with one attached hydrogen (secondary N) is 1. The van der Waals surface area contributed by atoms with Gasteiger partial charge in [-0.15, -0.1) is 0 Å². The van der Waals surface area contributed by atoms with E-state index in [0.717, 1.165) is 73.0 Å². The zero-order chi connectivity index (χ0) is 26.8. The Morgan fingerprint density at radius 1 is 1.23 bits per heavy atom. The van der Waals surface area contributed by atoms with Crippen LogP contribution in [0.4, 0.5) is 10.2 Å². The summed E-state index contributed by atoms with van der Waals surface area (Å²) in [4.78, 5) is 19.3. The van der Waals surface area contributed by atoms with Crippen molar-refractivity contribution in [1.82, 2.24) is 19.7 Å². The van der Waals surface area contributed by atoms with Crippen molar-refractivity contribution in [2.75, 3.05) is 38.2 Å². The molecule has 0 saturated carbocycles. The maximum atomic E-state index is 15.3. The summed E-state index contributed by atoms with van der Waals surface area (Å²) >= 11 is 0. The maximum absolute atomic E-state index is 15.3. The second-order valence-corrected chi connectivity index (χ2v) is 11.3. The number of carbonyl (C=O) groups is 1. The molecule has 0 amide bonds. The number of nitrogens with zero attached hydrogens (tertiary/aromatic N) is 4. The van der Waals surface area contributed by atoms with Gasteiger partial charge in [0.25, 0.3) is 0 Å². The molecule has 0 radical (unpaired) electrons. The first-order valence-electron chi connectivity index (χ1n) is 14.5. The van der Waals surface area contributed by atoms with Gasteiger partial charge >= 0.3 is 5.97 Å². The summed E-state index contributed by atoms with van der Waals surface area (Å²) in [6, 6.07) is 9.30. The van der Waals surface area contributed by atoms with Crippen molar-refractivity contribution >= 4 is 22.7 Å². The molecule has 3 aliphatic rings. The molecular formula is C30H38FN5O3. The van der Waals surface area contributed by atoms with Crippen LogP contribution in [0.1, 0.15) is 67.4 Å². The number of benzene rings is 1. The minimum absolute atomic E-state index is 0.104. The van der Waals surface area contributed by atoms with Crippen molar-refractivity contribution in [2.45, 2.75) is 69.6 Å². The molecule has 2 N–H and O–H groups in total. The average molecular weight is 536 g/mol. The fraction of sp³-hybridized carbons (Fsp3) is 0.567. The topological polar surface area (TPSA) is 92.5 Å². The lowest BCUT2D eigenvalue weighted by Gasteiger charge is -2.26. The monoisotopic (exact) mass is 535 g/mol. The number of aromatic nitrogens is 3. The van der Waals surface area contributed by atoms with Gasteiger partial charge in [-0.2, -0.15) is 5.10 Å². The molecule has 208 valence electrons. The number of ether oxygens (including phenoxy) is 1. The number of aryl methyl sites for hydroxylation is 2. The molecule has 0 aliphatic carbocycles. The van der Waals surface area contributed by atoms with Gasteiger partial charge in [0.05, 0.1) is 24.4 Å². The molecule has 2 aromatic heterocycles. The number of unbranched alkanes of at least 4 members (excludes halogenated alkanes) is 1. The van der Waals surface area contributed by atoms with E-state index in [0.29, 0.717) is 39.1 Å². The Morgan fingerprint density at radius 3 is 3.00 bits per heavy atom. The molecule has 0 spiro atoms. The molecular weight excluding hydrogens is 497 g/mol. The second-order valence-electron chi connectivity index (χ2n) is 11.3. The van der Waals surface area contributed by atoms with Crippen molar-refractivity contribution in [3.05, 3.63) is 53.3 Å². The molecule has 6 rings (SSSR count). The molecule has 4 atom stereocenters. The SMILES string of the molecule is O=C(O)[C@H](c1cccc2cnn([C@H]3CCOC3)c12)N1CC[C@@H]([C@H](F)CCCCc2ccc3c(n2)NCCC3)C1. The number of fused-ring (bicyclic) bond motifs is 2. The lowest BCUT2D eigenvalue weighted by atomic mass is 9.97. The summed E-state index contributed by atoms with van der Waals surface area (Å²) < 4.78 is 22.9. The van der Waals surface area contributed by atoms with Gasteiger partial charge in [-0.3, -0.25) is 14.4 Å². The molecule has 2 saturated heterocycles. The average Bonchev–Trinajstić information content (AvgIpc) is 3.72. The highest BCUT2D eigenvalue weighted by Gasteiger charge is 2.38. The maximum Gasteiger partial charge on any atom is 0.325 e. The van der Waals surface area contributed by atoms with E-state index in [1.807, 2.05) is 27.8 Å². The van der Waals surface area contributed by atoms with E-state index in [9.17, 15) is 9.90 Å². The fourth-order valence-corrected chi connectivity index (χ4v) is 6.56. The Labute approximate surface area is 228 Å². The minimum Gasteiger partial charge on any atom is -0.480 e. The zero-order valence-corrected chi connectivity index (χ0v) is 22.4. The van der Waals surface area contributed by atoms with Crippen LogP contribution in [0, 0.1) is 5.92 Å². The predicted molar refractivity (Wildman–Crippen MR) is 148 cm³/mol. The molecule has 8 nitrogen and oxygen atoms in total. The van der Waals surface area contributed by atoms with E-state index in [2.05, 4.69) is 22.5 Å². The predicted octanol–water partition coefficient (Wildman–Crippen LogP) is 4.95. The van der Waals surface area contributed by atoms with Crippen LogP contribution in [0.5, 0.6) is 0 Å². The summed E-state index contributed by atoms with van der Waals surface area (Å²) in [6.45, 7) is 3.27. The normalized spacial score (nSPS) is 23.0. The fourth-order valence-electron chi connectivity index (χ4n) is 6.56. The van der Waals surface area contributed by atoms with Gasteiger partial charge < -0.3 is 15.2 Å². The van der Waals surface area contributed by atoms with Crippen LogP contribution in [0.25, 0.3) is 10.9 Å². The number of pyridine rings is 1. The van der Waals surface area contributed by atoms with Crippen LogP contribution in [0.2, 0.25) is 0 Å². The highest BCUT2D eigenvalue weighted by atomic mass is 19.1. The first-order valence-corrected chi connectivity index (χ1v) is 14.5. The van der Waals surface area contributed by atoms with E-state index in [1.165, 1.54) is 5.56 Å². The van der Waals surface area contributed by atoms with Crippen molar-refractivity contribution in [2.24, 2.45) is 5.92 Å². The first kappa shape index (κ1) is 26.2. The van der Waals surface area contributed by atoms with Gasteiger partial charge in [-0.25, -0.2) is 9.37 Å². The molecule has 0 bridgehead atoms. The van der Waals surface area contributed by atoms with Crippen molar-refractivity contribution in [3.63, 3.8) is 0 Å². The smallest absolute Gasteiger partial charge is 0.325 e. The van der Waals surface area contributed by atoms with Crippen molar-refractivity contribution in [3.8, 4) is 0 Å². The Bertz CT molecular complexity index is 1310. The van der Waals surface area contributed by atoms with Crippen molar-refractivity contribution < 1.29 is 19.0 Å². The summed E-state index contributed by atoms with van der Waals surface area (Å²) in [7, 11) is 0. The summed E-state index contributed by atoms with van der Waals surface area (Å²) in [6.07, 6.45) is 7.68. The van der Waals surface area contributed by atoms with Crippen LogP contribution < -0.4 is 5.32 Å². The van der Waals surface area contributed by atoms with Crippen molar-refractivity contribution in [1.29, 1.82) is 0 Å². The number of hydrogen-bond donors (Lipinski definition) is 2. The second kappa shape index (κ2) is 11.6. The third kappa shape index (κ3) is 5.52. The van der Waals surface area contributed by atoms with Crippen LogP contribution in [0.3, 0.4) is 0 Å². The number of para-hydroxylation sites is 1. The third-order valence-corrected chi connectivity index (χ3v) is 8.68. The summed E-state index contributed by atoms with van der Waals surface area (Å²) in [5, 5.41) is 19.2. The number of halogens is 1. The van der Waals surface area contributed by atoms with Crippen LogP contribution in [0.15, 0.2) is 36.5 Å². The summed E-state index contributed by atoms with van der Waals surface area (Å²) in [5.41, 5.74) is 3.93. The van der Waals surface area contributed by atoms with Gasteiger partial charge in [0.1, 0.15) is 18.0 Å². The highest BCUT2D eigenvalue weighted by molar-refractivity contribution is 5.88. The molecule has 3 aromatic rings. The Balaban J connectivity index is 1.07. The van der Waals surface area contributed by atoms with Gasteiger partial charge in [0.15, 0.2) is 0 Å². The molecule has 2 fully saturated rings. The lowest BCUT2D eigenvalue weighted by molar-refractivity contribution is -0.143. The number of carboxylic acids is 1. The van der Waals surface area contributed by atoms with Gasteiger partial charge in [0.2, 0.25) is 0 Å². The van der Waals surface area contributed by atoms with Gasteiger partial charge in [-0.1, -0.05) is 30.7 Å². The van der Waals surface area contributed by atoms with E-state index >= 15 is 4.39 Å².